The van der Waals surface area contributed by atoms with Crippen molar-refractivity contribution < 1.29 is 27.3 Å². The van der Waals surface area contributed by atoms with Gasteiger partial charge in [-0.2, -0.15) is 13.2 Å². The van der Waals surface area contributed by atoms with Crippen LogP contribution in [0.25, 0.3) is 5.57 Å². The van der Waals surface area contributed by atoms with Crippen LogP contribution in [-0.4, -0.2) is 40.4 Å². The number of halogens is 3. The van der Waals surface area contributed by atoms with Crippen molar-refractivity contribution in [2.45, 2.75) is 52.0 Å². The zero-order chi connectivity index (χ0) is 22.7. The highest BCUT2D eigenvalue weighted by Crippen LogP contribution is 2.39. The quantitative estimate of drug-likeness (QED) is 0.456. The summed E-state index contributed by atoms with van der Waals surface area (Å²) in [4.78, 5) is 16.1. The van der Waals surface area contributed by atoms with E-state index in [1.807, 2.05) is 0 Å². The van der Waals surface area contributed by atoms with Gasteiger partial charge in [0.1, 0.15) is 16.4 Å². The standard InChI is InChI=1S/C18H25F3N4O3S2/c1-6-22-15(26)25-13-7-10(14-24-12(9-29-14)18(19,20)21)11(8-23-13)30-28-17(4,5)16(2,3)27/h7,9,23,27H,6,8H2,1-5H3,(H2,22,25,26). The molecule has 0 aliphatic carbocycles. The highest BCUT2D eigenvalue weighted by atomic mass is 32.2. The molecular weight excluding hydrogens is 441 g/mol. The zero-order valence-corrected chi connectivity index (χ0v) is 18.9. The summed E-state index contributed by atoms with van der Waals surface area (Å²) in [6.45, 7) is 9.00. The maximum atomic E-state index is 13.0. The van der Waals surface area contributed by atoms with E-state index in [1.54, 1.807) is 34.6 Å². The fourth-order valence-corrected chi connectivity index (χ4v) is 3.82. The Bertz CT molecular complexity index is 842. The Kier molecular flexibility index (Phi) is 7.49. The van der Waals surface area contributed by atoms with Crippen LogP contribution >= 0.6 is 23.4 Å². The van der Waals surface area contributed by atoms with Crippen LogP contribution in [0.15, 0.2) is 22.2 Å². The predicted octanol–water partition coefficient (Wildman–Crippen LogP) is 3.85. The Labute approximate surface area is 181 Å². The van der Waals surface area contributed by atoms with Crippen LogP contribution in [0.3, 0.4) is 0 Å². The number of hydrogen-bond donors (Lipinski definition) is 4. The van der Waals surface area contributed by atoms with E-state index in [4.69, 9.17) is 4.18 Å². The Balaban J connectivity index is 2.37. The summed E-state index contributed by atoms with van der Waals surface area (Å²) in [6, 6.07) is -0.443. The monoisotopic (exact) mass is 466 g/mol. The van der Waals surface area contributed by atoms with E-state index in [0.717, 1.165) is 28.8 Å². The number of aliphatic hydroxyl groups is 1. The molecule has 0 atom stereocenters. The molecule has 1 aliphatic heterocycles. The molecule has 168 valence electrons. The van der Waals surface area contributed by atoms with Crippen molar-refractivity contribution in [3.05, 3.63) is 32.9 Å². The van der Waals surface area contributed by atoms with Crippen LogP contribution in [0, 0.1) is 0 Å². The van der Waals surface area contributed by atoms with E-state index >= 15 is 0 Å². The molecule has 4 N–H and O–H groups in total. The second kappa shape index (κ2) is 9.16. The van der Waals surface area contributed by atoms with E-state index in [0.29, 0.717) is 22.8 Å². The number of allylic oxidation sites excluding steroid dienone is 2. The van der Waals surface area contributed by atoms with Gasteiger partial charge in [0, 0.05) is 34.4 Å². The summed E-state index contributed by atoms with van der Waals surface area (Å²) >= 11 is 1.80. The molecule has 2 rings (SSSR count). The molecule has 7 nitrogen and oxygen atoms in total. The topological polar surface area (TPSA) is 95.5 Å². The van der Waals surface area contributed by atoms with Crippen molar-refractivity contribution in [3.63, 3.8) is 0 Å². The minimum Gasteiger partial charge on any atom is -0.387 e. The van der Waals surface area contributed by atoms with Crippen molar-refractivity contribution >= 4 is 35.0 Å². The van der Waals surface area contributed by atoms with E-state index in [9.17, 15) is 23.1 Å². The van der Waals surface area contributed by atoms with E-state index < -0.39 is 29.1 Å². The van der Waals surface area contributed by atoms with Crippen molar-refractivity contribution in [3.8, 4) is 0 Å². The number of hydrogen-bond acceptors (Lipinski definition) is 7. The lowest BCUT2D eigenvalue weighted by Crippen LogP contribution is -2.46. The molecule has 0 unspecified atom stereocenters. The van der Waals surface area contributed by atoms with Crippen molar-refractivity contribution in [2.75, 3.05) is 13.1 Å². The number of aromatic nitrogens is 1. The van der Waals surface area contributed by atoms with Gasteiger partial charge in [-0.05, 0) is 40.7 Å². The molecular formula is C18H25F3N4O3S2. The van der Waals surface area contributed by atoms with Gasteiger partial charge in [-0.3, -0.25) is 5.32 Å². The van der Waals surface area contributed by atoms with Gasteiger partial charge in [0.05, 0.1) is 12.1 Å². The molecule has 2 amide bonds. The molecule has 0 aromatic carbocycles. The molecule has 1 aromatic heterocycles. The van der Waals surface area contributed by atoms with Crippen LogP contribution in [-0.2, 0) is 10.4 Å². The van der Waals surface area contributed by atoms with Crippen LogP contribution in [0.1, 0.15) is 45.3 Å². The van der Waals surface area contributed by atoms with Crippen molar-refractivity contribution in [2.24, 2.45) is 0 Å². The lowest BCUT2D eigenvalue weighted by molar-refractivity contribution is -0.140. The predicted molar refractivity (Wildman–Crippen MR) is 111 cm³/mol. The maximum Gasteiger partial charge on any atom is 0.434 e. The van der Waals surface area contributed by atoms with E-state index in [1.165, 1.54) is 6.08 Å². The van der Waals surface area contributed by atoms with E-state index in [-0.39, 0.29) is 11.6 Å². The smallest absolute Gasteiger partial charge is 0.387 e. The largest absolute Gasteiger partial charge is 0.434 e. The molecule has 0 radical (unpaired) electrons. The second-order valence-corrected chi connectivity index (χ2v) is 9.19. The minimum absolute atomic E-state index is 0.145. The number of rotatable bonds is 7. The number of amides is 2. The highest BCUT2D eigenvalue weighted by molar-refractivity contribution is 7.98. The van der Waals surface area contributed by atoms with Crippen LogP contribution < -0.4 is 16.0 Å². The number of nitrogens with zero attached hydrogens (tertiary/aromatic N) is 1. The molecule has 0 fully saturated rings. The number of carbonyl (C=O) groups is 1. The Hall–Kier alpha value is -1.76. The van der Waals surface area contributed by atoms with Gasteiger partial charge in [0.2, 0.25) is 0 Å². The van der Waals surface area contributed by atoms with Crippen molar-refractivity contribution in [1.82, 2.24) is 20.9 Å². The molecule has 1 aromatic rings. The third kappa shape index (κ3) is 6.13. The summed E-state index contributed by atoms with van der Waals surface area (Å²) in [5.41, 5.74) is -2.69. The number of alkyl halides is 3. The van der Waals surface area contributed by atoms with Crippen LogP contribution in [0.5, 0.6) is 0 Å². The molecule has 0 saturated carbocycles. The van der Waals surface area contributed by atoms with Crippen LogP contribution in [0.2, 0.25) is 0 Å². The molecule has 30 heavy (non-hydrogen) atoms. The SMILES string of the molecule is CCNC(=O)NC1=CC(c2nc(C(F)(F)F)cs2)=C(SOC(C)(C)C(C)(C)O)CN1. The minimum atomic E-state index is -4.55. The lowest BCUT2D eigenvalue weighted by Gasteiger charge is -2.36. The Morgan fingerprint density at radius 1 is 1.37 bits per heavy atom. The van der Waals surface area contributed by atoms with Gasteiger partial charge in [-0.1, -0.05) is 0 Å². The summed E-state index contributed by atoms with van der Waals surface area (Å²) < 4.78 is 44.8. The van der Waals surface area contributed by atoms with Gasteiger partial charge < -0.3 is 19.9 Å². The highest BCUT2D eigenvalue weighted by Gasteiger charge is 2.38. The maximum absolute atomic E-state index is 13.0. The molecule has 12 heteroatoms. The van der Waals surface area contributed by atoms with Gasteiger partial charge >= 0.3 is 12.2 Å². The zero-order valence-electron chi connectivity index (χ0n) is 17.2. The normalized spacial score (nSPS) is 15.6. The van der Waals surface area contributed by atoms with Gasteiger partial charge in [0.15, 0.2) is 5.69 Å². The number of urea groups is 1. The second-order valence-electron chi connectivity index (χ2n) is 7.50. The van der Waals surface area contributed by atoms with Crippen molar-refractivity contribution in [1.29, 1.82) is 0 Å². The first-order chi connectivity index (χ1) is 13.7. The van der Waals surface area contributed by atoms with Gasteiger partial charge in [-0.25, -0.2) is 9.78 Å². The Morgan fingerprint density at radius 3 is 2.57 bits per heavy atom. The fourth-order valence-electron chi connectivity index (χ4n) is 1.99. The van der Waals surface area contributed by atoms with Crippen LogP contribution in [0.4, 0.5) is 18.0 Å². The van der Waals surface area contributed by atoms with Gasteiger partial charge in [-0.15, -0.1) is 11.3 Å². The third-order valence-electron chi connectivity index (χ3n) is 4.46. The van der Waals surface area contributed by atoms with Gasteiger partial charge in [0.25, 0.3) is 0 Å². The fraction of sp³-hybridized carbons (Fsp3) is 0.556. The first-order valence-electron chi connectivity index (χ1n) is 9.09. The first-order valence-corrected chi connectivity index (χ1v) is 10.7. The lowest BCUT2D eigenvalue weighted by atomic mass is 9.90. The first kappa shape index (κ1) is 24.5. The molecule has 0 spiro atoms. The summed E-state index contributed by atoms with van der Waals surface area (Å²) in [6.07, 6.45) is -3.04. The summed E-state index contributed by atoms with van der Waals surface area (Å²) in [5, 5.41) is 19.5. The number of carbonyl (C=O) groups excluding carboxylic acids is 1. The summed E-state index contributed by atoms with van der Waals surface area (Å²) in [5.74, 6) is 0.325. The molecule has 1 aliphatic rings. The molecule has 0 saturated heterocycles. The number of nitrogens with one attached hydrogen (secondary N) is 3. The number of dihydropyridines is 1. The summed E-state index contributed by atoms with van der Waals surface area (Å²) in [7, 11) is 0. The average Bonchev–Trinajstić information content (AvgIpc) is 3.10. The molecule has 0 bridgehead atoms. The number of thiazole rings is 1. The average molecular weight is 467 g/mol. The molecule has 2 heterocycles. The Morgan fingerprint density at radius 2 is 2.03 bits per heavy atom. The van der Waals surface area contributed by atoms with E-state index in [2.05, 4.69) is 20.9 Å². The third-order valence-corrected chi connectivity index (χ3v) is 6.40.